The van der Waals surface area contributed by atoms with Gasteiger partial charge in [0.1, 0.15) is 54.9 Å². The SMILES string of the molecule is CC1[C@@H](OC2OC(C(=O)O)[C@@H](O)C3O[C@@H]4OC[C@@H](O)C(O)C4OCCC4OC(OC23)C(O)C(O)C4O)CCC2C1(C)CCC1C2(C)CC[C@@]2(C)C3CC(C)(C)CCC3(C)CC[C@]12C. The summed E-state index contributed by atoms with van der Waals surface area (Å²) in [5, 5.41) is 76.7. The number of carboxylic acids is 1. The first-order valence-electron chi connectivity index (χ1n) is 24.3. The molecule has 15 nitrogen and oxygen atoms in total. The van der Waals surface area contributed by atoms with Crippen LogP contribution in [0.15, 0.2) is 0 Å². The summed E-state index contributed by atoms with van der Waals surface area (Å²) < 4.78 is 43.6. The molecule has 63 heavy (non-hydrogen) atoms. The number of carbonyl (C=O) groups is 1. The van der Waals surface area contributed by atoms with E-state index in [2.05, 4.69) is 55.4 Å². The summed E-state index contributed by atoms with van der Waals surface area (Å²) in [6.45, 7) is 19.6. The average Bonchev–Trinajstić information content (AvgIpc) is 3.22. The first-order valence-corrected chi connectivity index (χ1v) is 24.3. The van der Waals surface area contributed by atoms with E-state index in [9.17, 15) is 40.5 Å². The van der Waals surface area contributed by atoms with Gasteiger partial charge in [-0.2, -0.15) is 0 Å². The maximum absolute atomic E-state index is 12.8. The van der Waals surface area contributed by atoms with E-state index in [-0.39, 0.29) is 47.2 Å². The molecule has 0 aromatic rings. The Kier molecular flexibility index (Phi) is 12.2. The predicted octanol–water partition coefficient (Wildman–Crippen LogP) is 3.89. The van der Waals surface area contributed by atoms with Crippen LogP contribution in [-0.4, -0.2) is 147 Å². The lowest BCUT2D eigenvalue weighted by molar-refractivity contribution is -0.395. The zero-order valence-electron chi connectivity index (χ0n) is 38.8. The van der Waals surface area contributed by atoms with Crippen LogP contribution in [0.1, 0.15) is 132 Å². The molecule has 15 heteroatoms. The molecule has 9 rings (SSSR count). The van der Waals surface area contributed by atoms with Crippen LogP contribution in [0.25, 0.3) is 0 Å². The summed E-state index contributed by atoms with van der Waals surface area (Å²) in [5.74, 6) is 0.266. The summed E-state index contributed by atoms with van der Waals surface area (Å²) in [7, 11) is 0. The van der Waals surface area contributed by atoms with Crippen LogP contribution in [0, 0.1) is 56.2 Å². The summed E-state index contributed by atoms with van der Waals surface area (Å²) in [5.41, 5.74) is 1.27. The molecule has 9 aliphatic rings. The van der Waals surface area contributed by atoms with Crippen molar-refractivity contribution in [1.29, 1.82) is 0 Å². The van der Waals surface area contributed by atoms with E-state index in [1.807, 2.05) is 0 Å². The third kappa shape index (κ3) is 7.33. The highest BCUT2D eigenvalue weighted by molar-refractivity contribution is 5.73. The highest BCUT2D eigenvalue weighted by atomic mass is 16.8. The first-order chi connectivity index (χ1) is 29.5. The Morgan fingerprint density at radius 1 is 0.587 bits per heavy atom. The standard InChI is InChI=1S/C48H78O15/c1-23-25(9-10-27-45(23,5)13-11-28-46(27,6)17-19-48(8)29-21-43(2,3)14-15-44(29,4)16-18-47(28,48)7)59-42-38-35(34(54)36(62-42)39(55)56)61-41-37(30(50)24(49)22-58-41)57-20-12-26-31(51)32(52)33(53)40(60-26)63-38/h23-38,40-42,49-54H,9-22H2,1-8H3,(H,55,56)/t23?,24-,25+,26?,27?,28?,29?,30?,31?,32?,33?,34+,35?,36?,37?,38?,40?,41+,42?,44?,45?,46?,47-,48+/m1/s1. The van der Waals surface area contributed by atoms with Gasteiger partial charge in [-0.25, -0.2) is 4.79 Å². The van der Waals surface area contributed by atoms with Gasteiger partial charge in [-0.15, -0.1) is 0 Å². The number of rotatable bonds is 3. The minimum absolute atomic E-state index is 0.00207. The van der Waals surface area contributed by atoms with Crippen molar-refractivity contribution in [3.63, 3.8) is 0 Å². The molecule has 4 aliphatic heterocycles. The quantitative estimate of drug-likeness (QED) is 0.200. The molecule has 5 aliphatic carbocycles. The van der Waals surface area contributed by atoms with E-state index in [4.69, 9.17) is 33.2 Å². The number of fused-ring (bicyclic) bond motifs is 11. The van der Waals surface area contributed by atoms with E-state index in [0.717, 1.165) is 19.3 Å². The number of aliphatic hydroxyl groups is 6. The third-order valence-corrected chi connectivity index (χ3v) is 20.4. The van der Waals surface area contributed by atoms with Crippen LogP contribution in [0.4, 0.5) is 0 Å². The van der Waals surface area contributed by atoms with Crippen LogP contribution in [0.3, 0.4) is 0 Å². The molecule has 0 aromatic heterocycles. The largest absolute Gasteiger partial charge is 0.479 e. The predicted molar refractivity (Wildman–Crippen MR) is 224 cm³/mol. The molecule has 0 radical (unpaired) electrons. The number of hydrogen-bond donors (Lipinski definition) is 7. The van der Waals surface area contributed by atoms with Crippen molar-refractivity contribution >= 4 is 5.97 Å². The zero-order chi connectivity index (χ0) is 45.4. The lowest BCUT2D eigenvalue weighted by Gasteiger charge is -2.75. The second-order valence-corrected chi connectivity index (χ2v) is 24.0. The van der Waals surface area contributed by atoms with Gasteiger partial charge in [0.2, 0.25) is 0 Å². The fourth-order valence-corrected chi connectivity index (χ4v) is 16.1. The van der Waals surface area contributed by atoms with Gasteiger partial charge in [0.05, 0.1) is 18.8 Å². The van der Waals surface area contributed by atoms with E-state index in [1.54, 1.807) is 0 Å². The summed E-state index contributed by atoms with van der Waals surface area (Å²) >= 11 is 0. The van der Waals surface area contributed by atoms with Crippen LogP contribution in [-0.2, 0) is 38.0 Å². The Labute approximate surface area is 372 Å². The van der Waals surface area contributed by atoms with Gasteiger partial charge >= 0.3 is 5.97 Å². The maximum atomic E-state index is 12.8. The van der Waals surface area contributed by atoms with Gasteiger partial charge in [-0.3, -0.25) is 0 Å². The van der Waals surface area contributed by atoms with Crippen molar-refractivity contribution in [1.82, 2.24) is 0 Å². The second kappa shape index (κ2) is 16.3. The van der Waals surface area contributed by atoms with Gasteiger partial charge in [0.15, 0.2) is 25.0 Å². The van der Waals surface area contributed by atoms with Crippen molar-refractivity contribution in [2.45, 2.75) is 225 Å². The van der Waals surface area contributed by atoms with Crippen molar-refractivity contribution in [3.8, 4) is 0 Å². The number of aliphatic carboxylic acids is 1. The number of hydrogen-bond acceptors (Lipinski definition) is 14. The monoisotopic (exact) mass is 895 g/mol. The average molecular weight is 895 g/mol. The Morgan fingerprint density at radius 3 is 2.00 bits per heavy atom. The molecule has 24 atom stereocenters. The van der Waals surface area contributed by atoms with E-state index in [0.29, 0.717) is 35.0 Å². The molecule has 5 saturated carbocycles. The van der Waals surface area contributed by atoms with Crippen molar-refractivity contribution < 1.29 is 73.7 Å². The number of carboxylic acid groups (broad SMARTS) is 1. The van der Waals surface area contributed by atoms with E-state index < -0.39 is 98.1 Å². The zero-order valence-corrected chi connectivity index (χ0v) is 38.8. The highest BCUT2D eigenvalue weighted by Crippen LogP contribution is 2.78. The van der Waals surface area contributed by atoms with Gasteiger partial charge in [-0.05, 0) is 133 Å². The van der Waals surface area contributed by atoms with Crippen molar-refractivity contribution in [2.75, 3.05) is 13.2 Å². The molecular weight excluding hydrogens is 817 g/mol. The molecular formula is C48H78O15. The highest BCUT2D eigenvalue weighted by Gasteiger charge is 2.71. The molecule has 0 spiro atoms. The van der Waals surface area contributed by atoms with Gasteiger partial charge in [0.25, 0.3) is 0 Å². The minimum Gasteiger partial charge on any atom is -0.479 e. The Morgan fingerprint density at radius 2 is 1.27 bits per heavy atom. The molecule has 0 amide bonds. The Balaban J connectivity index is 1.00. The van der Waals surface area contributed by atoms with Crippen molar-refractivity contribution in [3.05, 3.63) is 0 Å². The van der Waals surface area contributed by atoms with E-state index in [1.165, 1.54) is 44.9 Å². The van der Waals surface area contributed by atoms with Gasteiger partial charge < -0.3 is 68.9 Å². The van der Waals surface area contributed by atoms with Crippen molar-refractivity contribution in [2.24, 2.45) is 56.2 Å². The smallest absolute Gasteiger partial charge is 0.335 e. The molecule has 2 bridgehead atoms. The Hall–Kier alpha value is -1.05. The molecule has 9 fully saturated rings. The fraction of sp³-hybridized carbons (Fsp3) is 0.979. The fourth-order valence-electron chi connectivity index (χ4n) is 16.1. The van der Waals surface area contributed by atoms with Crippen LogP contribution in [0.2, 0.25) is 0 Å². The number of ether oxygens (including phenoxy) is 7. The Bertz CT molecular complexity index is 1700. The van der Waals surface area contributed by atoms with E-state index >= 15 is 0 Å². The maximum Gasteiger partial charge on any atom is 0.335 e. The van der Waals surface area contributed by atoms with Gasteiger partial charge in [0, 0.05) is 6.61 Å². The molecule has 7 N–H and O–H groups in total. The molecule has 360 valence electrons. The summed E-state index contributed by atoms with van der Waals surface area (Å²) in [4.78, 5) is 12.8. The number of aliphatic hydroxyl groups excluding tert-OH is 6. The molecule has 18 unspecified atom stereocenters. The third-order valence-electron chi connectivity index (χ3n) is 20.4. The lowest BCUT2D eigenvalue weighted by atomic mass is 9.30. The lowest BCUT2D eigenvalue weighted by Crippen LogP contribution is -2.69. The molecule has 0 aromatic carbocycles. The normalized spacial score (nSPS) is 58.2. The first kappa shape index (κ1) is 47.0. The topological polar surface area (TPSA) is 223 Å². The van der Waals surface area contributed by atoms with Crippen LogP contribution < -0.4 is 0 Å². The van der Waals surface area contributed by atoms with Crippen LogP contribution >= 0.6 is 0 Å². The second-order valence-electron chi connectivity index (χ2n) is 24.0. The van der Waals surface area contributed by atoms with Gasteiger partial charge in [-0.1, -0.05) is 55.4 Å². The molecule has 4 saturated heterocycles. The molecule has 4 heterocycles. The minimum atomic E-state index is -1.88. The van der Waals surface area contributed by atoms with Crippen LogP contribution in [0.5, 0.6) is 0 Å². The summed E-state index contributed by atoms with van der Waals surface area (Å²) in [6, 6.07) is 0. The summed E-state index contributed by atoms with van der Waals surface area (Å²) in [6.07, 6.45) is -9.23.